The van der Waals surface area contributed by atoms with Crippen LogP contribution < -0.4 is 5.43 Å². The summed E-state index contributed by atoms with van der Waals surface area (Å²) in [5.74, 6) is -0.439. The molecule has 0 atom stereocenters. The second-order valence-corrected chi connectivity index (χ2v) is 6.26. The van der Waals surface area contributed by atoms with Crippen molar-refractivity contribution in [3.05, 3.63) is 80.6 Å². The molecule has 0 unspecified atom stereocenters. The van der Waals surface area contributed by atoms with Crippen molar-refractivity contribution in [2.75, 3.05) is 5.43 Å². The first-order valence-corrected chi connectivity index (χ1v) is 8.40. The molecule has 28 heavy (non-hydrogen) atoms. The van der Waals surface area contributed by atoms with E-state index in [1.807, 2.05) is 0 Å². The zero-order valence-corrected chi connectivity index (χ0v) is 15.3. The highest BCUT2D eigenvalue weighted by Gasteiger charge is 2.18. The van der Waals surface area contributed by atoms with Crippen LogP contribution in [-0.4, -0.2) is 22.2 Å². The number of nitrogens with one attached hydrogen (secondary N) is 1. The van der Waals surface area contributed by atoms with Crippen LogP contribution in [0.2, 0.25) is 5.02 Å². The average molecular weight is 400 g/mol. The van der Waals surface area contributed by atoms with Gasteiger partial charge in [-0.1, -0.05) is 17.7 Å². The van der Waals surface area contributed by atoms with Crippen LogP contribution in [0.4, 0.5) is 11.4 Å². The van der Waals surface area contributed by atoms with Gasteiger partial charge >= 0.3 is 5.97 Å². The smallest absolute Gasteiger partial charge is 0.337 e. The molecule has 0 aliphatic carbocycles. The van der Waals surface area contributed by atoms with Crippen LogP contribution in [0.15, 0.2) is 58.0 Å². The molecule has 1 heterocycles. The molecule has 8 nitrogen and oxygen atoms in total. The predicted octanol–water partition coefficient (Wildman–Crippen LogP) is 4.96. The molecule has 0 radical (unpaired) electrons. The zero-order valence-electron chi connectivity index (χ0n) is 14.5. The van der Waals surface area contributed by atoms with Crippen LogP contribution in [0.1, 0.15) is 21.7 Å². The Bertz CT molecular complexity index is 1090. The van der Waals surface area contributed by atoms with Crippen molar-refractivity contribution in [2.45, 2.75) is 6.92 Å². The first kappa shape index (κ1) is 19.1. The fourth-order valence-corrected chi connectivity index (χ4v) is 2.70. The lowest BCUT2D eigenvalue weighted by Gasteiger charge is -2.03. The van der Waals surface area contributed by atoms with Crippen LogP contribution in [0.25, 0.3) is 11.3 Å². The molecule has 0 aliphatic heterocycles. The van der Waals surface area contributed by atoms with Crippen LogP contribution in [0.3, 0.4) is 0 Å². The number of nitro benzene ring substituents is 1. The Morgan fingerprint density at radius 2 is 2.04 bits per heavy atom. The van der Waals surface area contributed by atoms with Crippen molar-refractivity contribution in [3.63, 3.8) is 0 Å². The molecule has 3 aromatic rings. The number of carbonyl (C=O) groups is 1. The molecule has 0 spiro atoms. The molecule has 0 saturated carbocycles. The highest BCUT2D eigenvalue weighted by Crippen LogP contribution is 2.31. The van der Waals surface area contributed by atoms with Crippen molar-refractivity contribution in [1.82, 2.24) is 0 Å². The number of benzene rings is 2. The van der Waals surface area contributed by atoms with Gasteiger partial charge in [0.05, 0.1) is 33.0 Å². The number of rotatable bonds is 6. The summed E-state index contributed by atoms with van der Waals surface area (Å²) in [5.41, 5.74) is 4.16. The van der Waals surface area contributed by atoms with E-state index in [-0.39, 0.29) is 16.3 Å². The summed E-state index contributed by atoms with van der Waals surface area (Å²) in [7, 11) is 0. The van der Waals surface area contributed by atoms with Crippen molar-refractivity contribution in [3.8, 4) is 11.3 Å². The van der Waals surface area contributed by atoms with Gasteiger partial charge in [-0.25, -0.2) is 4.79 Å². The lowest BCUT2D eigenvalue weighted by molar-refractivity contribution is -0.384. The van der Waals surface area contributed by atoms with Crippen LogP contribution >= 0.6 is 11.6 Å². The van der Waals surface area contributed by atoms with Gasteiger partial charge in [-0.2, -0.15) is 5.10 Å². The van der Waals surface area contributed by atoms with Crippen molar-refractivity contribution in [1.29, 1.82) is 0 Å². The predicted molar refractivity (Wildman–Crippen MR) is 105 cm³/mol. The Hall–Kier alpha value is -3.65. The second-order valence-electron chi connectivity index (χ2n) is 5.85. The van der Waals surface area contributed by atoms with Gasteiger partial charge in [0.2, 0.25) is 0 Å². The van der Waals surface area contributed by atoms with Gasteiger partial charge in [0.15, 0.2) is 0 Å². The van der Waals surface area contributed by atoms with E-state index in [0.29, 0.717) is 22.8 Å². The number of aryl methyl sites for hydroxylation is 1. The number of furan rings is 1. The van der Waals surface area contributed by atoms with Gasteiger partial charge in [-0.15, -0.1) is 0 Å². The number of hydrogen-bond donors (Lipinski definition) is 2. The number of carboxylic acids is 1. The summed E-state index contributed by atoms with van der Waals surface area (Å²) in [6.45, 7) is 1.77. The van der Waals surface area contributed by atoms with Crippen LogP contribution in [-0.2, 0) is 0 Å². The Morgan fingerprint density at radius 1 is 1.25 bits per heavy atom. The van der Waals surface area contributed by atoms with Gasteiger partial charge in [0.1, 0.15) is 11.5 Å². The third kappa shape index (κ3) is 4.18. The molecule has 0 bridgehead atoms. The average Bonchev–Trinajstić information content (AvgIpc) is 3.11. The summed E-state index contributed by atoms with van der Waals surface area (Å²) in [5, 5.41) is 24.4. The number of carboxylic acid groups (broad SMARTS) is 1. The van der Waals surface area contributed by atoms with E-state index in [1.165, 1.54) is 24.4 Å². The molecule has 0 fully saturated rings. The highest BCUT2D eigenvalue weighted by atomic mass is 35.5. The molecule has 142 valence electrons. The third-order valence-electron chi connectivity index (χ3n) is 3.82. The van der Waals surface area contributed by atoms with Gasteiger partial charge in [-0.05, 0) is 48.9 Å². The lowest BCUT2D eigenvalue weighted by atomic mass is 10.1. The van der Waals surface area contributed by atoms with Crippen LogP contribution in [0, 0.1) is 17.0 Å². The molecule has 0 aliphatic rings. The molecular formula is C19H14ClN3O5. The number of nitrogens with zero attached hydrogens (tertiary/aromatic N) is 2. The minimum Gasteiger partial charge on any atom is -0.478 e. The van der Waals surface area contributed by atoms with E-state index >= 15 is 0 Å². The second kappa shape index (κ2) is 7.93. The molecule has 2 aromatic carbocycles. The van der Waals surface area contributed by atoms with Gasteiger partial charge in [0.25, 0.3) is 5.69 Å². The fourth-order valence-electron chi connectivity index (χ4n) is 2.50. The largest absolute Gasteiger partial charge is 0.478 e. The van der Waals surface area contributed by atoms with E-state index in [0.717, 1.165) is 5.56 Å². The normalized spacial score (nSPS) is 10.9. The topological polar surface area (TPSA) is 118 Å². The Labute approximate surface area is 164 Å². The van der Waals surface area contributed by atoms with E-state index in [9.17, 15) is 14.9 Å². The summed E-state index contributed by atoms with van der Waals surface area (Å²) >= 11 is 5.82. The van der Waals surface area contributed by atoms with Crippen molar-refractivity contribution >= 4 is 35.2 Å². The fraction of sp³-hybridized carbons (Fsp3) is 0.0526. The quantitative estimate of drug-likeness (QED) is 0.343. The number of hydrazone groups is 1. The van der Waals surface area contributed by atoms with Crippen molar-refractivity contribution < 1.29 is 19.2 Å². The standard InChI is InChI=1S/C19H14ClN3O5/c1-11-2-5-14(17(8-11)23(26)27)18-7-4-13(28-18)10-21-22-12-3-6-16(20)15(9-12)19(24)25/h2-10,22H,1H3,(H,24,25). The van der Waals surface area contributed by atoms with Crippen LogP contribution in [0.5, 0.6) is 0 Å². The van der Waals surface area contributed by atoms with Crippen molar-refractivity contribution in [2.24, 2.45) is 5.10 Å². The molecule has 9 heteroatoms. The summed E-state index contributed by atoms with van der Waals surface area (Å²) in [4.78, 5) is 21.9. The zero-order chi connectivity index (χ0) is 20.3. The molecule has 0 amide bonds. The van der Waals surface area contributed by atoms with Gasteiger partial charge in [-0.3, -0.25) is 15.5 Å². The molecule has 3 rings (SSSR count). The number of halogens is 1. The number of hydrogen-bond acceptors (Lipinski definition) is 6. The SMILES string of the molecule is Cc1ccc(-c2ccc(C=NNc3ccc(Cl)c(C(=O)O)c3)o2)c([N+](=O)[O-])c1. The lowest BCUT2D eigenvalue weighted by Crippen LogP contribution is -1.99. The van der Waals surface area contributed by atoms with Gasteiger partial charge < -0.3 is 9.52 Å². The Kier molecular flexibility index (Phi) is 5.42. The minimum absolute atomic E-state index is 0.0432. The van der Waals surface area contributed by atoms with E-state index in [2.05, 4.69) is 10.5 Å². The molecule has 1 aromatic heterocycles. The number of nitro groups is 1. The monoisotopic (exact) mass is 399 g/mol. The maximum absolute atomic E-state index is 11.3. The van der Waals surface area contributed by atoms with E-state index in [1.54, 1.807) is 37.3 Å². The Morgan fingerprint density at radius 3 is 2.75 bits per heavy atom. The molecule has 0 saturated heterocycles. The first-order valence-electron chi connectivity index (χ1n) is 8.02. The summed E-state index contributed by atoms with van der Waals surface area (Å²) < 4.78 is 5.61. The molecule has 2 N–H and O–H groups in total. The highest BCUT2D eigenvalue weighted by molar-refractivity contribution is 6.33. The first-order chi connectivity index (χ1) is 13.3. The summed E-state index contributed by atoms with van der Waals surface area (Å²) in [6.07, 6.45) is 1.37. The third-order valence-corrected chi connectivity index (χ3v) is 4.15. The number of aromatic carboxylic acids is 1. The summed E-state index contributed by atoms with van der Waals surface area (Å²) in [6, 6.07) is 12.5. The maximum Gasteiger partial charge on any atom is 0.337 e. The van der Waals surface area contributed by atoms with E-state index in [4.69, 9.17) is 21.1 Å². The Balaban J connectivity index is 1.78. The van der Waals surface area contributed by atoms with Gasteiger partial charge in [0, 0.05) is 6.07 Å². The van der Waals surface area contributed by atoms with E-state index < -0.39 is 10.9 Å². The number of anilines is 1. The minimum atomic E-state index is -1.15. The molecular weight excluding hydrogens is 386 g/mol. The maximum atomic E-state index is 11.3.